The lowest BCUT2D eigenvalue weighted by molar-refractivity contribution is -0.112. The highest BCUT2D eigenvalue weighted by molar-refractivity contribution is 7.98. The molecule has 2 aromatic heterocycles. The molecule has 3 aromatic rings. The minimum atomic E-state index is -3.51. The van der Waals surface area contributed by atoms with E-state index in [2.05, 4.69) is 15.5 Å². The summed E-state index contributed by atoms with van der Waals surface area (Å²) < 4.78 is 29.1. The Morgan fingerprint density at radius 2 is 2.03 bits per heavy atom. The van der Waals surface area contributed by atoms with Gasteiger partial charge in [0.25, 0.3) is 5.91 Å². The Bertz CT molecular complexity index is 1210. The normalized spacial score (nSPS) is 11.8. The number of sulfone groups is 1. The van der Waals surface area contributed by atoms with Gasteiger partial charge in [-0.2, -0.15) is 5.26 Å². The van der Waals surface area contributed by atoms with Gasteiger partial charge in [0.15, 0.2) is 5.09 Å². The molecule has 0 radical (unpaired) electrons. The zero-order valence-corrected chi connectivity index (χ0v) is 18.2. The third kappa shape index (κ3) is 5.56. The van der Waals surface area contributed by atoms with Crippen LogP contribution in [0.4, 0.5) is 5.13 Å². The molecule has 0 saturated heterocycles. The van der Waals surface area contributed by atoms with Gasteiger partial charge < -0.3 is 4.42 Å². The molecule has 8 nitrogen and oxygen atoms in total. The molecule has 0 bridgehead atoms. The second-order valence-electron chi connectivity index (χ2n) is 5.83. The van der Waals surface area contributed by atoms with Crippen molar-refractivity contribution in [2.24, 2.45) is 0 Å². The molecule has 0 aliphatic heterocycles. The summed E-state index contributed by atoms with van der Waals surface area (Å²) in [5, 5.41) is 19.6. The van der Waals surface area contributed by atoms with Crippen LogP contribution in [0, 0.1) is 11.3 Å². The first-order valence-electron chi connectivity index (χ1n) is 8.67. The Morgan fingerprint density at radius 1 is 1.27 bits per heavy atom. The summed E-state index contributed by atoms with van der Waals surface area (Å²) in [5.74, 6) is 0.221. The number of furan rings is 1. The number of anilines is 1. The minimum absolute atomic E-state index is 0.00766. The molecule has 0 unspecified atom stereocenters. The smallest absolute Gasteiger partial charge is 0.268 e. The van der Waals surface area contributed by atoms with E-state index in [0.29, 0.717) is 10.9 Å². The van der Waals surface area contributed by atoms with Crippen LogP contribution in [0.5, 0.6) is 0 Å². The number of thioether (sulfide) groups is 1. The van der Waals surface area contributed by atoms with Gasteiger partial charge in [0.1, 0.15) is 17.4 Å². The van der Waals surface area contributed by atoms with Crippen molar-refractivity contribution in [1.82, 2.24) is 10.2 Å². The molecule has 3 rings (SSSR count). The highest BCUT2D eigenvalue weighted by atomic mass is 32.2. The maximum absolute atomic E-state index is 12.3. The summed E-state index contributed by atoms with van der Waals surface area (Å²) in [6.07, 6.45) is 1.31. The molecule has 11 heteroatoms. The zero-order chi connectivity index (χ0) is 21.6. The second kappa shape index (κ2) is 9.71. The Labute approximate surface area is 181 Å². The molecule has 30 heavy (non-hydrogen) atoms. The molecule has 1 N–H and O–H groups in total. The van der Waals surface area contributed by atoms with Crippen LogP contribution in [0.2, 0.25) is 0 Å². The number of hydrogen-bond acceptors (Lipinski definition) is 9. The highest BCUT2D eigenvalue weighted by Crippen LogP contribution is 2.26. The zero-order valence-electron chi connectivity index (χ0n) is 15.7. The molecule has 0 atom stereocenters. The average Bonchev–Trinajstić information content (AvgIpc) is 3.41. The number of rotatable bonds is 8. The topological polar surface area (TPSA) is 126 Å². The molecule has 1 amide bonds. The number of amides is 1. The third-order valence-electron chi connectivity index (χ3n) is 3.75. The van der Waals surface area contributed by atoms with Crippen molar-refractivity contribution in [3.63, 3.8) is 0 Å². The van der Waals surface area contributed by atoms with E-state index in [-0.39, 0.29) is 20.8 Å². The lowest BCUT2D eigenvalue weighted by atomic mass is 10.2. The van der Waals surface area contributed by atoms with E-state index in [0.717, 1.165) is 22.7 Å². The van der Waals surface area contributed by atoms with Gasteiger partial charge in [-0.25, -0.2) is 8.42 Å². The number of carbonyl (C=O) groups is 1. The van der Waals surface area contributed by atoms with Crippen molar-refractivity contribution in [2.75, 3.05) is 11.1 Å². The van der Waals surface area contributed by atoms with Crippen molar-refractivity contribution >= 4 is 50.1 Å². The number of carbonyl (C=O) groups excluding carboxylic acids is 1. The van der Waals surface area contributed by atoms with Crippen LogP contribution in [0.1, 0.15) is 18.2 Å². The molecule has 0 spiro atoms. The predicted octanol–water partition coefficient (Wildman–Crippen LogP) is 3.76. The van der Waals surface area contributed by atoms with Gasteiger partial charge in [0.2, 0.25) is 19.3 Å². The number of benzene rings is 1. The van der Waals surface area contributed by atoms with Crippen molar-refractivity contribution in [3.05, 3.63) is 59.4 Å². The first-order chi connectivity index (χ1) is 14.4. The van der Waals surface area contributed by atoms with Crippen LogP contribution in [-0.2, 0) is 20.4 Å². The molecule has 0 aliphatic rings. The van der Waals surface area contributed by atoms with Crippen LogP contribution in [0.15, 0.2) is 61.9 Å². The summed E-state index contributed by atoms with van der Waals surface area (Å²) in [5.41, 5.74) is 0.939. The van der Waals surface area contributed by atoms with Gasteiger partial charge in [-0.05, 0) is 17.7 Å². The molecule has 0 saturated carbocycles. The van der Waals surface area contributed by atoms with Gasteiger partial charge in [-0.3, -0.25) is 10.1 Å². The molecule has 0 aliphatic carbocycles. The SMILES string of the molecule is CCS(=O)(=O)c1nnc(NC(=O)C(C#N)=Cc2ccc(SCc3ccccc3)o2)s1. The molecule has 2 heterocycles. The summed E-state index contributed by atoms with van der Waals surface area (Å²) in [6.45, 7) is 1.49. The fourth-order valence-corrected chi connectivity index (χ4v) is 4.99. The van der Waals surface area contributed by atoms with Gasteiger partial charge in [0, 0.05) is 11.8 Å². The summed E-state index contributed by atoms with van der Waals surface area (Å²) in [4.78, 5) is 12.3. The van der Waals surface area contributed by atoms with Crippen LogP contribution < -0.4 is 5.32 Å². The van der Waals surface area contributed by atoms with Crippen LogP contribution in [0.3, 0.4) is 0 Å². The Kier molecular flexibility index (Phi) is 7.04. The van der Waals surface area contributed by atoms with Gasteiger partial charge in [-0.15, -0.1) is 10.2 Å². The number of nitrogens with zero attached hydrogens (tertiary/aromatic N) is 3. The number of aromatic nitrogens is 2. The number of nitrogens with one attached hydrogen (secondary N) is 1. The average molecular weight is 461 g/mol. The molecule has 1 aromatic carbocycles. The number of hydrogen-bond donors (Lipinski definition) is 1. The van der Waals surface area contributed by atoms with Crippen molar-refractivity contribution in [1.29, 1.82) is 5.26 Å². The maximum atomic E-state index is 12.3. The lowest BCUT2D eigenvalue weighted by Gasteiger charge is -1.99. The van der Waals surface area contributed by atoms with Gasteiger partial charge >= 0.3 is 0 Å². The minimum Gasteiger partial charge on any atom is -0.450 e. The predicted molar refractivity (Wildman–Crippen MR) is 115 cm³/mol. The van der Waals surface area contributed by atoms with Crippen molar-refractivity contribution in [2.45, 2.75) is 22.1 Å². The molecule has 0 fully saturated rings. The quantitative estimate of drug-likeness (QED) is 0.233. The second-order valence-corrected chi connectivity index (χ2v) is 10.2. The first kappa shape index (κ1) is 21.8. The first-order valence-corrected chi connectivity index (χ1v) is 12.1. The summed E-state index contributed by atoms with van der Waals surface area (Å²) >= 11 is 2.22. The summed E-state index contributed by atoms with van der Waals surface area (Å²) in [6, 6.07) is 15.1. The van der Waals surface area contributed by atoms with E-state index in [1.54, 1.807) is 18.2 Å². The van der Waals surface area contributed by atoms with Crippen molar-refractivity contribution < 1.29 is 17.6 Å². The number of nitriles is 1. The fourth-order valence-electron chi connectivity index (χ4n) is 2.18. The summed E-state index contributed by atoms with van der Waals surface area (Å²) in [7, 11) is -3.51. The van der Waals surface area contributed by atoms with E-state index >= 15 is 0 Å². The monoisotopic (exact) mass is 460 g/mol. The Hall–Kier alpha value is -2.94. The van der Waals surface area contributed by atoms with E-state index in [9.17, 15) is 18.5 Å². The Balaban J connectivity index is 1.66. The van der Waals surface area contributed by atoms with E-state index < -0.39 is 15.7 Å². The largest absolute Gasteiger partial charge is 0.450 e. The third-order valence-corrected chi connectivity index (χ3v) is 7.75. The van der Waals surface area contributed by atoms with Crippen molar-refractivity contribution in [3.8, 4) is 6.07 Å². The van der Waals surface area contributed by atoms with Crippen LogP contribution in [0.25, 0.3) is 6.08 Å². The van der Waals surface area contributed by atoms with Gasteiger partial charge in [-0.1, -0.05) is 60.4 Å². The Morgan fingerprint density at radius 3 is 2.73 bits per heavy atom. The highest BCUT2D eigenvalue weighted by Gasteiger charge is 2.20. The fraction of sp³-hybridized carbons (Fsp3) is 0.158. The van der Waals surface area contributed by atoms with Crippen LogP contribution >= 0.6 is 23.1 Å². The van der Waals surface area contributed by atoms with E-state index in [1.165, 1.54) is 24.8 Å². The molecular formula is C19H16N4O4S3. The standard InChI is InChI=1S/C19H16N4O4S3/c1-2-30(25,26)19-23-22-18(29-19)21-17(24)14(11-20)10-15-8-9-16(27-15)28-12-13-6-4-3-5-7-13/h3-10H,2,12H2,1H3,(H,21,22,24). The van der Waals surface area contributed by atoms with Gasteiger partial charge in [0.05, 0.1) is 5.75 Å². The molecule has 154 valence electrons. The lowest BCUT2D eigenvalue weighted by Crippen LogP contribution is -2.13. The van der Waals surface area contributed by atoms with E-state index in [1.807, 2.05) is 30.3 Å². The molecular weight excluding hydrogens is 444 g/mol. The van der Waals surface area contributed by atoms with Crippen LogP contribution in [-0.4, -0.2) is 30.3 Å². The van der Waals surface area contributed by atoms with E-state index in [4.69, 9.17) is 4.42 Å². The maximum Gasteiger partial charge on any atom is 0.268 e.